The first kappa shape index (κ1) is 13.1. The predicted octanol–water partition coefficient (Wildman–Crippen LogP) is 2.84. The third-order valence-corrected chi connectivity index (χ3v) is 3.45. The Morgan fingerprint density at radius 3 is 3.05 bits per heavy atom. The molecule has 0 aliphatic heterocycles. The Labute approximate surface area is 121 Å². The molecule has 0 aliphatic carbocycles. The summed E-state index contributed by atoms with van der Waals surface area (Å²) in [6.45, 7) is 4.42. The van der Waals surface area contributed by atoms with E-state index >= 15 is 0 Å². The van der Waals surface area contributed by atoms with Crippen LogP contribution in [0, 0.1) is 0 Å². The number of benzene rings is 1. The number of hydrogen-bond donors (Lipinski definition) is 1. The Morgan fingerprint density at radius 2 is 2.30 bits per heavy atom. The van der Waals surface area contributed by atoms with E-state index in [0.29, 0.717) is 12.4 Å². The van der Waals surface area contributed by atoms with Crippen LogP contribution in [0.25, 0.3) is 10.9 Å². The van der Waals surface area contributed by atoms with Crippen molar-refractivity contribution in [3.8, 4) is 0 Å². The monoisotopic (exact) mass is 290 g/mol. The minimum absolute atomic E-state index is 0.569. The van der Waals surface area contributed by atoms with Crippen LogP contribution in [0.15, 0.2) is 35.3 Å². The van der Waals surface area contributed by atoms with Gasteiger partial charge in [-0.25, -0.2) is 0 Å². The number of hydrogen-bond acceptors (Lipinski definition) is 4. The highest BCUT2D eigenvalue weighted by Gasteiger charge is 2.10. The summed E-state index contributed by atoms with van der Waals surface area (Å²) in [6, 6.07) is 5.93. The first-order valence-corrected chi connectivity index (χ1v) is 6.89. The van der Waals surface area contributed by atoms with Crippen molar-refractivity contribution >= 4 is 22.5 Å². The fourth-order valence-electron chi connectivity index (χ4n) is 2.29. The van der Waals surface area contributed by atoms with Gasteiger partial charge in [-0.15, -0.1) is 0 Å². The van der Waals surface area contributed by atoms with Crippen molar-refractivity contribution in [3.05, 3.63) is 47.2 Å². The van der Waals surface area contributed by atoms with Crippen LogP contribution in [-0.4, -0.2) is 21.3 Å². The van der Waals surface area contributed by atoms with E-state index in [0.717, 1.165) is 23.6 Å². The van der Waals surface area contributed by atoms with Crippen molar-refractivity contribution < 1.29 is 4.52 Å². The first-order chi connectivity index (χ1) is 9.78. The molecular weight excluding hydrogens is 276 g/mol. The lowest BCUT2D eigenvalue weighted by atomic mass is 10.2. The molecule has 2 heterocycles. The van der Waals surface area contributed by atoms with E-state index in [2.05, 4.69) is 39.2 Å². The molecule has 3 rings (SSSR count). The minimum atomic E-state index is 0.569. The van der Waals surface area contributed by atoms with Gasteiger partial charge in [0.15, 0.2) is 5.82 Å². The molecule has 1 N–H and O–H groups in total. The molecule has 3 aromatic rings. The second kappa shape index (κ2) is 5.64. The molecule has 2 aromatic heterocycles. The molecule has 0 radical (unpaired) electrons. The van der Waals surface area contributed by atoms with Crippen molar-refractivity contribution in [1.82, 2.24) is 20.0 Å². The third kappa shape index (κ3) is 2.55. The lowest BCUT2D eigenvalue weighted by molar-refractivity contribution is 0.408. The highest BCUT2D eigenvalue weighted by molar-refractivity contribution is 6.31. The summed E-state index contributed by atoms with van der Waals surface area (Å²) in [5, 5.41) is 9.12. The standard InChI is InChI=1S/C14H15ClN4O/c1-2-16-6-10-7-19(8-14-17-9-20-18-14)13-5-11(15)3-4-12(10)13/h3-5,7,9,16H,2,6,8H2,1H3. The molecular formula is C14H15ClN4O. The average Bonchev–Trinajstić information content (AvgIpc) is 3.06. The van der Waals surface area contributed by atoms with E-state index in [1.807, 2.05) is 12.1 Å². The number of nitrogens with zero attached hydrogens (tertiary/aromatic N) is 3. The van der Waals surface area contributed by atoms with Gasteiger partial charge < -0.3 is 14.4 Å². The fraction of sp³-hybridized carbons (Fsp3) is 0.286. The molecule has 0 bridgehead atoms. The molecule has 6 heteroatoms. The number of nitrogens with one attached hydrogen (secondary N) is 1. The van der Waals surface area contributed by atoms with E-state index in [9.17, 15) is 0 Å². The predicted molar refractivity (Wildman–Crippen MR) is 77.7 cm³/mol. The molecule has 0 saturated carbocycles. The van der Waals surface area contributed by atoms with Gasteiger partial charge in [0, 0.05) is 23.2 Å². The Bertz CT molecular complexity index is 705. The van der Waals surface area contributed by atoms with E-state index in [1.54, 1.807) is 0 Å². The number of aromatic nitrogens is 3. The van der Waals surface area contributed by atoms with Crippen molar-refractivity contribution in [2.75, 3.05) is 6.54 Å². The molecule has 0 fully saturated rings. The second-order valence-corrected chi connectivity index (χ2v) is 5.01. The van der Waals surface area contributed by atoms with Crippen molar-refractivity contribution in [3.63, 3.8) is 0 Å². The van der Waals surface area contributed by atoms with Crippen LogP contribution in [0.5, 0.6) is 0 Å². The lowest BCUT2D eigenvalue weighted by Gasteiger charge is -2.01. The van der Waals surface area contributed by atoms with E-state index in [4.69, 9.17) is 16.1 Å². The third-order valence-electron chi connectivity index (χ3n) is 3.21. The highest BCUT2D eigenvalue weighted by atomic mass is 35.5. The van der Waals surface area contributed by atoms with Crippen LogP contribution in [-0.2, 0) is 13.1 Å². The topological polar surface area (TPSA) is 55.9 Å². The zero-order valence-electron chi connectivity index (χ0n) is 11.1. The summed E-state index contributed by atoms with van der Waals surface area (Å²) in [6.07, 6.45) is 3.45. The van der Waals surface area contributed by atoms with E-state index in [-0.39, 0.29) is 0 Å². The number of halogens is 1. The van der Waals surface area contributed by atoms with Crippen LogP contribution in [0.3, 0.4) is 0 Å². The first-order valence-electron chi connectivity index (χ1n) is 6.51. The maximum atomic E-state index is 6.11. The maximum Gasteiger partial charge on any atom is 0.213 e. The van der Waals surface area contributed by atoms with E-state index < -0.39 is 0 Å². The molecule has 5 nitrogen and oxygen atoms in total. The summed E-state index contributed by atoms with van der Waals surface area (Å²) in [7, 11) is 0. The molecule has 0 saturated heterocycles. The molecule has 0 spiro atoms. The number of rotatable bonds is 5. The normalized spacial score (nSPS) is 11.3. The largest absolute Gasteiger partial charge is 0.343 e. The lowest BCUT2D eigenvalue weighted by Crippen LogP contribution is -2.11. The van der Waals surface area contributed by atoms with Crippen LogP contribution in [0.1, 0.15) is 18.3 Å². The summed E-state index contributed by atoms with van der Waals surface area (Å²) in [4.78, 5) is 4.06. The Balaban J connectivity index is 2.03. The van der Waals surface area contributed by atoms with Gasteiger partial charge in [-0.3, -0.25) is 0 Å². The maximum absolute atomic E-state index is 6.11. The van der Waals surface area contributed by atoms with Crippen molar-refractivity contribution in [1.29, 1.82) is 0 Å². The zero-order valence-corrected chi connectivity index (χ0v) is 11.9. The molecule has 104 valence electrons. The van der Waals surface area contributed by atoms with Crippen LogP contribution < -0.4 is 5.32 Å². The summed E-state index contributed by atoms with van der Waals surface area (Å²) in [5.74, 6) is 0.650. The highest BCUT2D eigenvalue weighted by Crippen LogP contribution is 2.25. The molecule has 20 heavy (non-hydrogen) atoms. The van der Waals surface area contributed by atoms with Gasteiger partial charge in [0.1, 0.15) is 0 Å². The van der Waals surface area contributed by atoms with Crippen LogP contribution in [0.4, 0.5) is 0 Å². The van der Waals surface area contributed by atoms with Gasteiger partial charge in [-0.1, -0.05) is 29.7 Å². The second-order valence-electron chi connectivity index (χ2n) is 4.57. The van der Waals surface area contributed by atoms with Gasteiger partial charge in [0.25, 0.3) is 0 Å². The fourth-order valence-corrected chi connectivity index (χ4v) is 2.45. The van der Waals surface area contributed by atoms with Crippen molar-refractivity contribution in [2.24, 2.45) is 0 Å². The number of fused-ring (bicyclic) bond motifs is 1. The summed E-state index contributed by atoms with van der Waals surface area (Å²) in [5.41, 5.74) is 2.32. The van der Waals surface area contributed by atoms with Gasteiger partial charge in [0.05, 0.1) is 12.1 Å². The molecule has 0 amide bonds. The summed E-state index contributed by atoms with van der Waals surface area (Å²) >= 11 is 6.11. The van der Waals surface area contributed by atoms with E-state index in [1.165, 1.54) is 17.3 Å². The summed E-state index contributed by atoms with van der Waals surface area (Å²) < 4.78 is 6.88. The SMILES string of the molecule is CCNCc1cn(Cc2ncon2)c2cc(Cl)ccc12. The minimum Gasteiger partial charge on any atom is -0.343 e. The van der Waals surface area contributed by atoms with Gasteiger partial charge in [-0.2, -0.15) is 4.98 Å². The van der Waals surface area contributed by atoms with Gasteiger partial charge >= 0.3 is 0 Å². The van der Waals surface area contributed by atoms with Crippen LogP contribution >= 0.6 is 11.6 Å². The molecule has 0 aliphatic rings. The molecule has 0 atom stereocenters. The quantitative estimate of drug-likeness (QED) is 0.785. The van der Waals surface area contributed by atoms with Crippen molar-refractivity contribution in [2.45, 2.75) is 20.0 Å². The van der Waals surface area contributed by atoms with Gasteiger partial charge in [0.2, 0.25) is 6.39 Å². The van der Waals surface area contributed by atoms with Crippen LogP contribution in [0.2, 0.25) is 5.02 Å². The Kier molecular flexibility index (Phi) is 3.71. The smallest absolute Gasteiger partial charge is 0.213 e. The molecule has 1 aromatic carbocycles. The average molecular weight is 291 g/mol. The van der Waals surface area contributed by atoms with Gasteiger partial charge in [-0.05, 0) is 24.2 Å². The Hall–Kier alpha value is -1.85. The Morgan fingerprint density at radius 1 is 1.40 bits per heavy atom. The molecule has 0 unspecified atom stereocenters. The zero-order chi connectivity index (χ0) is 13.9.